The second kappa shape index (κ2) is 4.64. The quantitative estimate of drug-likeness (QED) is 0.743. The van der Waals surface area contributed by atoms with Crippen LogP contribution in [0.1, 0.15) is 26.7 Å². The third kappa shape index (κ3) is 2.57. The Labute approximate surface area is 77.7 Å². The van der Waals surface area contributed by atoms with Crippen LogP contribution in [0.3, 0.4) is 0 Å². The van der Waals surface area contributed by atoms with E-state index < -0.39 is 0 Å². The van der Waals surface area contributed by atoms with Crippen molar-refractivity contribution < 1.29 is 4.79 Å². The van der Waals surface area contributed by atoms with Gasteiger partial charge in [0.05, 0.1) is 11.9 Å². The van der Waals surface area contributed by atoms with Gasteiger partial charge in [0.1, 0.15) is 0 Å². The largest absolute Gasteiger partial charge is 0.323 e. The summed E-state index contributed by atoms with van der Waals surface area (Å²) in [6.07, 6.45) is 5.01. The fourth-order valence-corrected chi connectivity index (χ4v) is 1.22. The molecule has 0 radical (unpaired) electrons. The van der Waals surface area contributed by atoms with Gasteiger partial charge in [-0.15, -0.1) is 0 Å². The molecule has 0 aliphatic carbocycles. The third-order valence-electron chi connectivity index (χ3n) is 2.12. The highest BCUT2D eigenvalue weighted by atomic mass is 16.1. The highest BCUT2D eigenvalue weighted by Crippen LogP contribution is 2.11. The zero-order valence-electron chi connectivity index (χ0n) is 8.00. The molecule has 13 heavy (non-hydrogen) atoms. The zero-order valence-corrected chi connectivity index (χ0v) is 8.00. The molecule has 1 heterocycles. The molecule has 0 unspecified atom stereocenters. The number of carbonyl (C=O) groups is 1. The predicted molar refractivity (Wildman–Crippen MR) is 51.3 cm³/mol. The van der Waals surface area contributed by atoms with E-state index in [0.29, 0.717) is 0 Å². The van der Waals surface area contributed by atoms with Crippen molar-refractivity contribution in [1.29, 1.82) is 0 Å². The van der Waals surface area contributed by atoms with E-state index in [1.165, 1.54) is 0 Å². The molecule has 0 aliphatic heterocycles. The van der Waals surface area contributed by atoms with Gasteiger partial charge in [-0.05, 0) is 12.8 Å². The molecule has 1 aromatic rings. The van der Waals surface area contributed by atoms with Crippen molar-refractivity contribution in [3.8, 4) is 0 Å². The number of aromatic nitrogens is 2. The van der Waals surface area contributed by atoms with Crippen molar-refractivity contribution in [1.82, 2.24) is 10.2 Å². The molecule has 0 bridgehead atoms. The Morgan fingerprint density at radius 2 is 2.31 bits per heavy atom. The van der Waals surface area contributed by atoms with Gasteiger partial charge in [-0.1, -0.05) is 13.8 Å². The summed E-state index contributed by atoms with van der Waals surface area (Å²) in [6, 6.07) is 0. The topological polar surface area (TPSA) is 57.8 Å². The lowest BCUT2D eigenvalue weighted by Gasteiger charge is -2.10. The molecule has 0 fully saturated rings. The van der Waals surface area contributed by atoms with Crippen LogP contribution in [0.2, 0.25) is 0 Å². The lowest BCUT2D eigenvalue weighted by atomic mass is 10.0. The van der Waals surface area contributed by atoms with Gasteiger partial charge >= 0.3 is 0 Å². The molecular weight excluding hydrogens is 166 g/mol. The summed E-state index contributed by atoms with van der Waals surface area (Å²) in [7, 11) is 0. The van der Waals surface area contributed by atoms with Crippen molar-refractivity contribution in [2.75, 3.05) is 5.32 Å². The molecule has 4 nitrogen and oxygen atoms in total. The monoisotopic (exact) mass is 181 g/mol. The van der Waals surface area contributed by atoms with E-state index in [0.717, 1.165) is 18.5 Å². The molecule has 2 N–H and O–H groups in total. The van der Waals surface area contributed by atoms with Crippen LogP contribution < -0.4 is 5.32 Å². The van der Waals surface area contributed by atoms with E-state index >= 15 is 0 Å². The van der Waals surface area contributed by atoms with Gasteiger partial charge in [-0.2, -0.15) is 5.10 Å². The van der Waals surface area contributed by atoms with Crippen LogP contribution in [0.15, 0.2) is 12.4 Å². The molecule has 1 aromatic heterocycles. The molecule has 72 valence electrons. The van der Waals surface area contributed by atoms with E-state index in [4.69, 9.17) is 0 Å². The Hall–Kier alpha value is -1.32. The average molecular weight is 181 g/mol. The first-order valence-corrected chi connectivity index (χ1v) is 4.57. The van der Waals surface area contributed by atoms with Gasteiger partial charge in [0.15, 0.2) is 0 Å². The second-order valence-electron chi connectivity index (χ2n) is 2.99. The predicted octanol–water partition coefficient (Wildman–Crippen LogP) is 1.78. The number of H-pyrrole nitrogens is 1. The first-order valence-electron chi connectivity index (χ1n) is 4.57. The molecule has 0 atom stereocenters. The van der Waals surface area contributed by atoms with E-state index in [1.807, 2.05) is 13.8 Å². The van der Waals surface area contributed by atoms with Crippen molar-refractivity contribution >= 4 is 11.6 Å². The molecule has 1 rings (SSSR count). The van der Waals surface area contributed by atoms with Gasteiger partial charge in [-0.25, -0.2) is 0 Å². The summed E-state index contributed by atoms with van der Waals surface area (Å²) in [4.78, 5) is 11.5. The number of amides is 1. The fraction of sp³-hybridized carbons (Fsp3) is 0.556. The normalized spacial score (nSPS) is 10.4. The van der Waals surface area contributed by atoms with Crippen molar-refractivity contribution in [2.24, 2.45) is 5.92 Å². The van der Waals surface area contributed by atoms with Crippen LogP contribution >= 0.6 is 0 Å². The van der Waals surface area contributed by atoms with Gasteiger partial charge in [0.25, 0.3) is 0 Å². The average Bonchev–Trinajstić information content (AvgIpc) is 2.59. The van der Waals surface area contributed by atoms with Gasteiger partial charge in [-0.3, -0.25) is 9.89 Å². The molecule has 1 amide bonds. The maximum Gasteiger partial charge on any atom is 0.227 e. The Morgan fingerprint density at radius 1 is 1.62 bits per heavy atom. The lowest BCUT2D eigenvalue weighted by Crippen LogP contribution is -2.21. The summed E-state index contributed by atoms with van der Waals surface area (Å²) in [6.45, 7) is 4.03. The Bertz CT molecular complexity index is 252. The number of aromatic amines is 1. The van der Waals surface area contributed by atoms with Crippen molar-refractivity contribution in [3.05, 3.63) is 12.4 Å². The maximum absolute atomic E-state index is 11.5. The molecule has 0 aliphatic rings. The van der Waals surface area contributed by atoms with Crippen LogP contribution in [-0.4, -0.2) is 16.1 Å². The van der Waals surface area contributed by atoms with Crippen LogP contribution in [-0.2, 0) is 4.79 Å². The summed E-state index contributed by atoms with van der Waals surface area (Å²) in [5.41, 5.74) is 0.733. The van der Waals surface area contributed by atoms with Crippen LogP contribution in [0.25, 0.3) is 0 Å². The van der Waals surface area contributed by atoms with Crippen LogP contribution in [0, 0.1) is 5.92 Å². The minimum atomic E-state index is 0.0754. The molecule has 0 aromatic carbocycles. The molecule has 4 heteroatoms. The second-order valence-corrected chi connectivity index (χ2v) is 2.99. The number of carbonyl (C=O) groups excluding carboxylic acids is 1. The highest BCUT2D eigenvalue weighted by Gasteiger charge is 2.13. The molecule has 0 saturated heterocycles. The number of nitrogens with one attached hydrogen (secondary N) is 2. The van der Waals surface area contributed by atoms with Crippen molar-refractivity contribution in [3.63, 3.8) is 0 Å². The van der Waals surface area contributed by atoms with Gasteiger partial charge in [0.2, 0.25) is 5.91 Å². The lowest BCUT2D eigenvalue weighted by molar-refractivity contribution is -0.120. The first-order chi connectivity index (χ1) is 6.27. The van der Waals surface area contributed by atoms with E-state index in [-0.39, 0.29) is 11.8 Å². The smallest absolute Gasteiger partial charge is 0.227 e. The van der Waals surface area contributed by atoms with Crippen molar-refractivity contribution in [2.45, 2.75) is 26.7 Å². The third-order valence-corrected chi connectivity index (χ3v) is 2.12. The van der Waals surface area contributed by atoms with E-state index in [1.54, 1.807) is 12.4 Å². The summed E-state index contributed by atoms with van der Waals surface area (Å²) in [5.74, 6) is 0.182. The first kappa shape index (κ1) is 9.77. The Balaban J connectivity index is 2.49. The van der Waals surface area contributed by atoms with Gasteiger partial charge in [0, 0.05) is 12.1 Å². The summed E-state index contributed by atoms with van der Waals surface area (Å²) in [5, 5.41) is 9.18. The van der Waals surface area contributed by atoms with E-state index in [2.05, 4.69) is 15.5 Å². The molecule has 0 saturated carbocycles. The molecule has 0 spiro atoms. The van der Waals surface area contributed by atoms with E-state index in [9.17, 15) is 4.79 Å². The number of nitrogens with zero attached hydrogens (tertiary/aromatic N) is 1. The zero-order chi connectivity index (χ0) is 9.68. The highest BCUT2D eigenvalue weighted by molar-refractivity contribution is 5.92. The summed E-state index contributed by atoms with van der Waals surface area (Å²) < 4.78 is 0. The number of anilines is 1. The van der Waals surface area contributed by atoms with Gasteiger partial charge < -0.3 is 5.32 Å². The van der Waals surface area contributed by atoms with Crippen LogP contribution in [0.5, 0.6) is 0 Å². The minimum Gasteiger partial charge on any atom is -0.323 e. The fourth-order valence-electron chi connectivity index (χ4n) is 1.22. The summed E-state index contributed by atoms with van der Waals surface area (Å²) >= 11 is 0. The molecular formula is C9H15N3O. The number of rotatable bonds is 4. The number of hydrogen-bond acceptors (Lipinski definition) is 2. The maximum atomic E-state index is 11.5. The SMILES string of the molecule is CCC(CC)C(=O)Nc1cn[nH]c1. The number of hydrogen-bond donors (Lipinski definition) is 2. The Morgan fingerprint density at radius 3 is 2.77 bits per heavy atom. The Kier molecular flexibility index (Phi) is 3.49. The van der Waals surface area contributed by atoms with Crippen LogP contribution in [0.4, 0.5) is 5.69 Å². The minimum absolute atomic E-state index is 0.0754. The standard InChI is InChI=1S/C9H15N3O/c1-3-7(4-2)9(13)12-8-5-10-11-6-8/h5-7H,3-4H2,1-2H3,(H,10,11)(H,12,13).